The summed E-state index contributed by atoms with van der Waals surface area (Å²) in [4.78, 5) is 0. The van der Waals surface area contributed by atoms with Crippen molar-refractivity contribution in [1.29, 1.82) is 0 Å². The highest BCUT2D eigenvalue weighted by atomic mass is 35.5. The third-order valence-corrected chi connectivity index (χ3v) is 3.18. The third kappa shape index (κ3) is 1.94. The van der Waals surface area contributed by atoms with E-state index in [1.54, 1.807) is 12.1 Å². The zero-order valence-corrected chi connectivity index (χ0v) is 10.3. The largest absolute Gasteiger partial charge is 0.454 e. The van der Waals surface area contributed by atoms with Crippen LogP contribution in [0.25, 0.3) is 11.1 Å². The molecule has 1 aliphatic heterocycles. The van der Waals surface area contributed by atoms with Crippen LogP contribution in [0.2, 0.25) is 10.0 Å². The van der Waals surface area contributed by atoms with E-state index in [0.29, 0.717) is 10.0 Å². The molecule has 2 nitrogen and oxygen atoms in total. The van der Waals surface area contributed by atoms with Gasteiger partial charge >= 0.3 is 0 Å². The van der Waals surface area contributed by atoms with Gasteiger partial charge in [-0.3, -0.25) is 0 Å². The second kappa shape index (κ2) is 4.13. The Bertz CT molecular complexity index is 582. The van der Waals surface area contributed by atoms with Crippen LogP contribution in [0.15, 0.2) is 36.4 Å². The number of hydrogen-bond donors (Lipinski definition) is 0. The van der Waals surface area contributed by atoms with Gasteiger partial charge in [0.15, 0.2) is 11.5 Å². The first-order valence-corrected chi connectivity index (χ1v) is 5.85. The predicted molar refractivity (Wildman–Crippen MR) is 68.0 cm³/mol. The minimum Gasteiger partial charge on any atom is -0.454 e. The van der Waals surface area contributed by atoms with Crippen molar-refractivity contribution in [2.75, 3.05) is 6.79 Å². The molecule has 0 bridgehead atoms. The molecule has 0 fully saturated rings. The van der Waals surface area contributed by atoms with Crippen molar-refractivity contribution in [2.45, 2.75) is 0 Å². The Hall–Kier alpha value is -1.38. The van der Waals surface area contributed by atoms with Crippen LogP contribution in [0.4, 0.5) is 0 Å². The second-order valence-electron chi connectivity index (χ2n) is 3.69. The lowest BCUT2D eigenvalue weighted by Gasteiger charge is -2.06. The Kier molecular flexibility index (Phi) is 2.61. The van der Waals surface area contributed by atoms with Crippen LogP contribution in [0.1, 0.15) is 0 Å². The molecule has 0 radical (unpaired) electrons. The lowest BCUT2D eigenvalue weighted by Crippen LogP contribution is -1.92. The van der Waals surface area contributed by atoms with Gasteiger partial charge in [-0.05, 0) is 35.9 Å². The maximum atomic E-state index is 6.15. The monoisotopic (exact) mass is 266 g/mol. The van der Waals surface area contributed by atoms with Crippen molar-refractivity contribution >= 4 is 23.2 Å². The lowest BCUT2D eigenvalue weighted by atomic mass is 10.1. The van der Waals surface area contributed by atoms with E-state index in [0.717, 1.165) is 22.6 Å². The first-order chi connectivity index (χ1) is 8.24. The van der Waals surface area contributed by atoms with Gasteiger partial charge < -0.3 is 9.47 Å². The average Bonchev–Trinajstić information content (AvgIpc) is 2.79. The van der Waals surface area contributed by atoms with Gasteiger partial charge in [0.1, 0.15) is 0 Å². The summed E-state index contributed by atoms with van der Waals surface area (Å²) in [6.45, 7) is 0.266. The van der Waals surface area contributed by atoms with Gasteiger partial charge in [0, 0.05) is 15.6 Å². The van der Waals surface area contributed by atoms with Crippen LogP contribution >= 0.6 is 23.2 Å². The normalized spacial score (nSPS) is 12.8. The number of halogens is 2. The summed E-state index contributed by atoms with van der Waals surface area (Å²) in [5, 5.41) is 1.32. The van der Waals surface area contributed by atoms with Crippen molar-refractivity contribution in [3.8, 4) is 22.6 Å². The molecule has 0 amide bonds. The Morgan fingerprint density at radius 3 is 2.59 bits per heavy atom. The molecular weight excluding hydrogens is 259 g/mol. The van der Waals surface area contributed by atoms with Crippen molar-refractivity contribution in [1.82, 2.24) is 0 Å². The molecule has 0 atom stereocenters. The van der Waals surface area contributed by atoms with Crippen LogP contribution < -0.4 is 9.47 Å². The molecule has 0 aliphatic carbocycles. The number of benzene rings is 2. The summed E-state index contributed by atoms with van der Waals surface area (Å²) >= 11 is 12.1. The zero-order valence-electron chi connectivity index (χ0n) is 8.74. The third-order valence-electron chi connectivity index (χ3n) is 2.61. The number of hydrogen-bond acceptors (Lipinski definition) is 2. The van der Waals surface area contributed by atoms with E-state index >= 15 is 0 Å². The minimum absolute atomic E-state index is 0.266. The molecule has 86 valence electrons. The fourth-order valence-electron chi connectivity index (χ4n) is 1.78. The Labute approximate surface area is 109 Å². The van der Waals surface area contributed by atoms with Crippen LogP contribution in [-0.2, 0) is 0 Å². The molecule has 17 heavy (non-hydrogen) atoms. The Morgan fingerprint density at radius 2 is 1.71 bits per heavy atom. The van der Waals surface area contributed by atoms with Crippen LogP contribution in [0.3, 0.4) is 0 Å². The van der Waals surface area contributed by atoms with Gasteiger partial charge in [0.25, 0.3) is 0 Å². The molecule has 1 aliphatic rings. The van der Waals surface area contributed by atoms with E-state index in [2.05, 4.69) is 0 Å². The Balaban J connectivity index is 2.12. The molecule has 0 N–H and O–H groups in total. The number of ether oxygens (including phenoxy) is 2. The van der Waals surface area contributed by atoms with Gasteiger partial charge in [-0.1, -0.05) is 29.3 Å². The smallest absolute Gasteiger partial charge is 0.231 e. The summed E-state index contributed by atoms with van der Waals surface area (Å²) < 4.78 is 10.6. The molecule has 0 saturated carbocycles. The molecule has 2 aromatic carbocycles. The summed E-state index contributed by atoms with van der Waals surface area (Å²) in [7, 11) is 0. The first kappa shape index (κ1) is 10.8. The maximum Gasteiger partial charge on any atom is 0.231 e. The highest BCUT2D eigenvalue weighted by Crippen LogP contribution is 2.38. The second-order valence-corrected chi connectivity index (χ2v) is 4.54. The molecule has 0 saturated heterocycles. The van der Waals surface area contributed by atoms with E-state index in [-0.39, 0.29) is 6.79 Å². The SMILES string of the molecule is Clc1ccc(Cl)c(-c2ccc3c(c2)OCO3)c1. The molecule has 4 heteroatoms. The van der Waals surface area contributed by atoms with Crippen LogP contribution in [-0.4, -0.2) is 6.79 Å². The standard InChI is InChI=1S/C13H8Cl2O2/c14-9-2-3-11(15)10(6-9)8-1-4-12-13(5-8)17-7-16-12/h1-6H,7H2. The molecular formula is C13H8Cl2O2. The molecule has 2 aromatic rings. The number of rotatable bonds is 1. The topological polar surface area (TPSA) is 18.5 Å². The number of fused-ring (bicyclic) bond motifs is 1. The van der Waals surface area contributed by atoms with E-state index in [1.165, 1.54) is 0 Å². The minimum atomic E-state index is 0.266. The fraction of sp³-hybridized carbons (Fsp3) is 0.0769. The molecule has 0 unspecified atom stereocenters. The van der Waals surface area contributed by atoms with Crippen LogP contribution in [0, 0.1) is 0 Å². The van der Waals surface area contributed by atoms with E-state index in [4.69, 9.17) is 32.7 Å². The lowest BCUT2D eigenvalue weighted by molar-refractivity contribution is 0.174. The summed E-state index contributed by atoms with van der Waals surface area (Å²) in [5.41, 5.74) is 1.85. The molecule has 3 rings (SSSR count). The van der Waals surface area contributed by atoms with Crippen LogP contribution in [0.5, 0.6) is 11.5 Å². The van der Waals surface area contributed by atoms with Gasteiger partial charge in [-0.15, -0.1) is 0 Å². The van der Waals surface area contributed by atoms with Crippen molar-refractivity contribution in [3.63, 3.8) is 0 Å². The molecule has 0 aromatic heterocycles. The van der Waals surface area contributed by atoms with Gasteiger partial charge in [-0.25, -0.2) is 0 Å². The Morgan fingerprint density at radius 1 is 0.882 bits per heavy atom. The quantitative estimate of drug-likeness (QED) is 0.762. The first-order valence-electron chi connectivity index (χ1n) is 5.09. The zero-order chi connectivity index (χ0) is 11.8. The molecule has 0 spiro atoms. The average molecular weight is 267 g/mol. The van der Waals surface area contributed by atoms with Crippen molar-refractivity contribution < 1.29 is 9.47 Å². The maximum absolute atomic E-state index is 6.15. The van der Waals surface area contributed by atoms with E-state index in [9.17, 15) is 0 Å². The van der Waals surface area contributed by atoms with Crippen molar-refractivity contribution in [3.05, 3.63) is 46.4 Å². The highest BCUT2D eigenvalue weighted by Gasteiger charge is 2.14. The van der Waals surface area contributed by atoms with Gasteiger partial charge in [-0.2, -0.15) is 0 Å². The van der Waals surface area contributed by atoms with Gasteiger partial charge in [0.2, 0.25) is 6.79 Å². The summed E-state index contributed by atoms with van der Waals surface area (Å²) in [6.07, 6.45) is 0. The van der Waals surface area contributed by atoms with Gasteiger partial charge in [0.05, 0.1) is 0 Å². The van der Waals surface area contributed by atoms with E-state index < -0.39 is 0 Å². The van der Waals surface area contributed by atoms with E-state index in [1.807, 2.05) is 24.3 Å². The predicted octanol–water partition coefficient (Wildman–Crippen LogP) is 4.39. The molecule has 1 heterocycles. The van der Waals surface area contributed by atoms with Crippen molar-refractivity contribution in [2.24, 2.45) is 0 Å². The highest BCUT2D eigenvalue weighted by molar-refractivity contribution is 6.35. The summed E-state index contributed by atoms with van der Waals surface area (Å²) in [5.74, 6) is 1.49. The summed E-state index contributed by atoms with van der Waals surface area (Å²) in [6, 6.07) is 11.1. The fourth-order valence-corrected chi connectivity index (χ4v) is 2.18.